The third-order valence-corrected chi connectivity index (χ3v) is 6.87. The van der Waals surface area contributed by atoms with Gasteiger partial charge in [0.05, 0.1) is 43.8 Å². The van der Waals surface area contributed by atoms with E-state index < -0.39 is 0 Å². The first kappa shape index (κ1) is 26.2. The van der Waals surface area contributed by atoms with Gasteiger partial charge in [0.2, 0.25) is 0 Å². The Morgan fingerprint density at radius 1 is 0.436 bits per heavy atom. The first-order chi connectivity index (χ1) is 19.1. The number of aromatic nitrogens is 2. The normalized spacial score (nSPS) is 10.6. The van der Waals surface area contributed by atoms with Crippen molar-refractivity contribution in [3.05, 3.63) is 114 Å². The molecule has 0 amide bonds. The van der Waals surface area contributed by atoms with Gasteiger partial charge < -0.3 is 14.2 Å². The zero-order chi connectivity index (χ0) is 27.2. The van der Waals surface area contributed by atoms with Crippen molar-refractivity contribution in [1.29, 1.82) is 0 Å². The number of hydrogen-bond acceptors (Lipinski definition) is 5. The van der Waals surface area contributed by atoms with Gasteiger partial charge in [-0.05, 0) is 84.9 Å². The Kier molecular flexibility index (Phi) is 8.04. The quantitative estimate of drug-likeness (QED) is 0.192. The van der Waals surface area contributed by atoms with Gasteiger partial charge in [-0.15, -0.1) is 0 Å². The smallest absolute Gasteiger partial charge is 0.118 e. The SMILES string of the molecule is COc1ccc(-c2ccc3ccc4ccc(-c5ccc(OC)cc5)nc4c3n2)cc1.COc1ccc(Br)cc1. The highest BCUT2D eigenvalue weighted by molar-refractivity contribution is 9.10. The maximum Gasteiger partial charge on any atom is 0.118 e. The lowest BCUT2D eigenvalue weighted by atomic mass is 10.1. The maximum absolute atomic E-state index is 5.26. The molecule has 5 nitrogen and oxygen atoms in total. The summed E-state index contributed by atoms with van der Waals surface area (Å²) >= 11 is 3.32. The molecule has 39 heavy (non-hydrogen) atoms. The Balaban J connectivity index is 0.000000292. The first-order valence-electron chi connectivity index (χ1n) is 12.4. The van der Waals surface area contributed by atoms with Gasteiger partial charge in [0.25, 0.3) is 0 Å². The molecular formula is C33H27BrN2O3. The third kappa shape index (κ3) is 6.02. The molecule has 194 valence electrons. The van der Waals surface area contributed by atoms with Crippen molar-refractivity contribution in [2.24, 2.45) is 0 Å². The van der Waals surface area contributed by atoms with Crippen LogP contribution >= 0.6 is 15.9 Å². The molecule has 0 unspecified atom stereocenters. The molecule has 0 aliphatic heterocycles. The fourth-order valence-corrected chi connectivity index (χ4v) is 4.45. The van der Waals surface area contributed by atoms with E-state index in [1.807, 2.05) is 84.9 Å². The van der Waals surface area contributed by atoms with Crippen LogP contribution in [0, 0.1) is 0 Å². The average Bonchev–Trinajstić information content (AvgIpc) is 3.01. The van der Waals surface area contributed by atoms with Gasteiger partial charge in [-0.3, -0.25) is 0 Å². The zero-order valence-electron chi connectivity index (χ0n) is 21.9. The van der Waals surface area contributed by atoms with E-state index >= 15 is 0 Å². The van der Waals surface area contributed by atoms with Crippen LogP contribution in [0.15, 0.2) is 114 Å². The second-order valence-electron chi connectivity index (χ2n) is 8.72. The predicted octanol–water partition coefficient (Wildman–Crippen LogP) is 8.59. The molecule has 2 aromatic heterocycles. The molecule has 6 aromatic rings. The maximum atomic E-state index is 5.26. The van der Waals surface area contributed by atoms with Crippen LogP contribution in [-0.4, -0.2) is 31.3 Å². The highest BCUT2D eigenvalue weighted by atomic mass is 79.9. The lowest BCUT2D eigenvalue weighted by molar-refractivity contribution is 0.414. The van der Waals surface area contributed by atoms with Crippen molar-refractivity contribution < 1.29 is 14.2 Å². The zero-order valence-corrected chi connectivity index (χ0v) is 23.5. The Labute approximate surface area is 236 Å². The minimum absolute atomic E-state index is 0.829. The number of nitrogens with zero attached hydrogens (tertiary/aromatic N) is 2. The minimum atomic E-state index is 0.829. The number of methoxy groups -OCH3 is 3. The average molecular weight is 579 g/mol. The summed E-state index contributed by atoms with van der Waals surface area (Å²) in [5.74, 6) is 2.55. The lowest BCUT2D eigenvalue weighted by Crippen LogP contribution is -1.91. The topological polar surface area (TPSA) is 53.5 Å². The van der Waals surface area contributed by atoms with Gasteiger partial charge >= 0.3 is 0 Å². The van der Waals surface area contributed by atoms with Crippen molar-refractivity contribution in [2.75, 3.05) is 21.3 Å². The number of fused-ring (bicyclic) bond motifs is 3. The standard InChI is InChI=1S/C26H20N2O2.C7H7BrO/c1-29-21-11-5-17(6-12-21)23-15-9-19-3-4-20-10-16-24(28-26(20)25(19)27-23)18-7-13-22(30-2)14-8-18;1-9-7-4-2-6(8)3-5-7/h3-16H,1-2H3;2-5H,1H3. The van der Waals surface area contributed by atoms with Crippen LogP contribution in [0.1, 0.15) is 0 Å². The Bertz CT molecular complexity index is 1600. The van der Waals surface area contributed by atoms with E-state index in [4.69, 9.17) is 24.2 Å². The summed E-state index contributed by atoms with van der Waals surface area (Å²) in [6.45, 7) is 0. The first-order valence-corrected chi connectivity index (χ1v) is 13.2. The molecule has 0 N–H and O–H groups in total. The molecule has 6 rings (SSSR count). The van der Waals surface area contributed by atoms with Crippen molar-refractivity contribution in [3.8, 4) is 39.8 Å². The number of ether oxygens (including phenoxy) is 3. The van der Waals surface area contributed by atoms with E-state index in [0.717, 1.165) is 66.0 Å². The summed E-state index contributed by atoms with van der Waals surface area (Å²) in [6.07, 6.45) is 0. The molecule has 0 spiro atoms. The van der Waals surface area contributed by atoms with Crippen LogP contribution in [0.2, 0.25) is 0 Å². The minimum Gasteiger partial charge on any atom is -0.497 e. The highest BCUT2D eigenvalue weighted by Crippen LogP contribution is 2.29. The molecule has 0 atom stereocenters. The summed E-state index contributed by atoms with van der Waals surface area (Å²) in [6, 6.07) is 36.1. The molecular weight excluding hydrogens is 552 g/mol. The van der Waals surface area contributed by atoms with E-state index in [1.54, 1.807) is 21.3 Å². The molecule has 0 saturated heterocycles. The number of hydrogen-bond donors (Lipinski definition) is 0. The van der Waals surface area contributed by atoms with Crippen molar-refractivity contribution >= 4 is 37.7 Å². The van der Waals surface area contributed by atoms with Gasteiger partial charge in [-0.2, -0.15) is 0 Å². The van der Waals surface area contributed by atoms with Gasteiger partial charge in [-0.25, -0.2) is 9.97 Å². The molecule has 2 heterocycles. The molecule has 6 heteroatoms. The van der Waals surface area contributed by atoms with E-state index in [2.05, 4.69) is 40.2 Å². The van der Waals surface area contributed by atoms with E-state index in [0.29, 0.717) is 0 Å². The van der Waals surface area contributed by atoms with E-state index in [1.165, 1.54) is 0 Å². The molecule has 0 bridgehead atoms. The number of benzene rings is 4. The fourth-order valence-electron chi connectivity index (χ4n) is 4.18. The van der Waals surface area contributed by atoms with E-state index in [-0.39, 0.29) is 0 Å². The van der Waals surface area contributed by atoms with Gasteiger partial charge in [0.1, 0.15) is 17.2 Å². The fraction of sp³-hybridized carbons (Fsp3) is 0.0909. The molecule has 0 aliphatic rings. The van der Waals surface area contributed by atoms with Crippen molar-refractivity contribution in [1.82, 2.24) is 9.97 Å². The van der Waals surface area contributed by atoms with Gasteiger partial charge in [0, 0.05) is 26.4 Å². The molecule has 0 fully saturated rings. The summed E-state index contributed by atoms with van der Waals surface area (Å²) in [4.78, 5) is 9.94. The van der Waals surface area contributed by atoms with Crippen LogP contribution in [0.5, 0.6) is 17.2 Å². The second kappa shape index (κ2) is 12.0. The van der Waals surface area contributed by atoms with Crippen molar-refractivity contribution in [3.63, 3.8) is 0 Å². The highest BCUT2D eigenvalue weighted by Gasteiger charge is 2.09. The van der Waals surface area contributed by atoms with Gasteiger partial charge in [0.15, 0.2) is 0 Å². The largest absolute Gasteiger partial charge is 0.497 e. The Morgan fingerprint density at radius 2 is 0.769 bits per heavy atom. The van der Waals surface area contributed by atoms with Crippen LogP contribution in [-0.2, 0) is 0 Å². The van der Waals surface area contributed by atoms with Crippen LogP contribution in [0.25, 0.3) is 44.3 Å². The number of pyridine rings is 2. The summed E-state index contributed by atoms with van der Waals surface area (Å²) < 4.78 is 16.5. The van der Waals surface area contributed by atoms with Crippen LogP contribution in [0.4, 0.5) is 0 Å². The predicted molar refractivity (Wildman–Crippen MR) is 162 cm³/mol. The second-order valence-corrected chi connectivity index (χ2v) is 9.63. The van der Waals surface area contributed by atoms with E-state index in [9.17, 15) is 0 Å². The number of halogens is 1. The van der Waals surface area contributed by atoms with Gasteiger partial charge in [-0.1, -0.05) is 40.2 Å². The molecule has 0 aliphatic carbocycles. The van der Waals surface area contributed by atoms with Crippen molar-refractivity contribution in [2.45, 2.75) is 0 Å². The summed E-state index contributed by atoms with van der Waals surface area (Å²) in [5.41, 5.74) is 5.71. The Morgan fingerprint density at radius 3 is 1.13 bits per heavy atom. The Hall–Kier alpha value is -4.42. The number of rotatable bonds is 5. The molecule has 0 saturated carbocycles. The summed E-state index contributed by atoms with van der Waals surface area (Å²) in [7, 11) is 4.99. The third-order valence-electron chi connectivity index (χ3n) is 6.34. The summed E-state index contributed by atoms with van der Waals surface area (Å²) in [5, 5.41) is 2.14. The molecule has 0 radical (unpaired) electrons. The molecule has 4 aromatic carbocycles. The monoisotopic (exact) mass is 578 g/mol. The van der Waals surface area contributed by atoms with Crippen LogP contribution in [0.3, 0.4) is 0 Å². The van der Waals surface area contributed by atoms with Crippen LogP contribution < -0.4 is 14.2 Å². The lowest BCUT2D eigenvalue weighted by Gasteiger charge is -2.09.